The molecule has 2 amide bonds. The third-order valence-electron chi connectivity index (χ3n) is 6.19. The van der Waals surface area contributed by atoms with Crippen LogP contribution in [0.2, 0.25) is 0 Å². The van der Waals surface area contributed by atoms with Crippen molar-refractivity contribution in [1.29, 1.82) is 0 Å². The average Bonchev–Trinajstić information content (AvgIpc) is 2.98. The number of carbonyl (C=O) groups excluding carboxylic acids is 2. The Hall–Kier alpha value is -2.04. The fourth-order valence-electron chi connectivity index (χ4n) is 4.47. The maximum absolute atomic E-state index is 12.9. The summed E-state index contributed by atoms with van der Waals surface area (Å²) in [5.41, 5.74) is 1.84. The van der Waals surface area contributed by atoms with Crippen LogP contribution in [-0.4, -0.2) is 61.9 Å². The zero-order chi connectivity index (χ0) is 17.6. The summed E-state index contributed by atoms with van der Waals surface area (Å²) in [7, 11) is 3.96. The molecule has 3 fully saturated rings. The molecule has 2 saturated heterocycles. The third kappa shape index (κ3) is 2.90. The second kappa shape index (κ2) is 6.04. The van der Waals surface area contributed by atoms with E-state index in [1.165, 1.54) is 0 Å². The van der Waals surface area contributed by atoms with Gasteiger partial charge >= 0.3 is 0 Å². The van der Waals surface area contributed by atoms with E-state index in [0.29, 0.717) is 5.91 Å². The van der Waals surface area contributed by atoms with Gasteiger partial charge in [0.2, 0.25) is 5.91 Å². The van der Waals surface area contributed by atoms with Gasteiger partial charge in [0.05, 0.1) is 0 Å². The van der Waals surface area contributed by atoms with Crippen molar-refractivity contribution < 1.29 is 9.59 Å². The molecule has 5 nitrogen and oxygen atoms in total. The molecule has 2 atom stereocenters. The van der Waals surface area contributed by atoms with Crippen molar-refractivity contribution in [3.63, 3.8) is 0 Å². The Morgan fingerprint density at radius 3 is 2.60 bits per heavy atom. The molecule has 2 heterocycles. The highest BCUT2D eigenvalue weighted by atomic mass is 16.2. The summed E-state index contributed by atoms with van der Waals surface area (Å²) in [5, 5.41) is 0. The zero-order valence-electron chi connectivity index (χ0n) is 15.2. The topological polar surface area (TPSA) is 43.9 Å². The number of benzene rings is 1. The number of carbonyl (C=O) groups is 2. The lowest BCUT2D eigenvalue weighted by Gasteiger charge is -2.20. The monoisotopic (exact) mass is 341 g/mol. The highest BCUT2D eigenvalue weighted by molar-refractivity contribution is 5.95. The summed E-state index contributed by atoms with van der Waals surface area (Å²) in [6.45, 7) is 3.36. The van der Waals surface area contributed by atoms with Crippen LogP contribution in [0.3, 0.4) is 0 Å². The number of anilines is 1. The van der Waals surface area contributed by atoms with E-state index in [-0.39, 0.29) is 17.2 Å². The molecule has 0 aromatic heterocycles. The van der Waals surface area contributed by atoms with Crippen molar-refractivity contribution in [3.05, 3.63) is 29.8 Å². The number of hydrogen-bond donors (Lipinski definition) is 0. The molecule has 25 heavy (non-hydrogen) atoms. The Morgan fingerprint density at radius 2 is 1.88 bits per heavy atom. The predicted octanol–water partition coefficient (Wildman–Crippen LogP) is 2.23. The van der Waals surface area contributed by atoms with E-state index in [1.807, 2.05) is 53.1 Å². The lowest BCUT2D eigenvalue weighted by Crippen LogP contribution is -2.33. The van der Waals surface area contributed by atoms with E-state index < -0.39 is 0 Å². The molecule has 0 radical (unpaired) electrons. The van der Waals surface area contributed by atoms with Crippen molar-refractivity contribution in [2.24, 2.45) is 11.3 Å². The van der Waals surface area contributed by atoms with Crippen molar-refractivity contribution in [1.82, 2.24) is 9.80 Å². The molecule has 5 heteroatoms. The van der Waals surface area contributed by atoms with E-state index >= 15 is 0 Å². The molecule has 0 bridgehead atoms. The number of rotatable bonds is 3. The molecule has 1 aromatic carbocycles. The minimum atomic E-state index is 0.0640. The fourth-order valence-corrected chi connectivity index (χ4v) is 4.47. The normalized spacial score (nSPS) is 27.8. The Labute approximate surface area is 149 Å². The van der Waals surface area contributed by atoms with Gasteiger partial charge < -0.3 is 14.7 Å². The van der Waals surface area contributed by atoms with Gasteiger partial charge in [-0.2, -0.15) is 0 Å². The van der Waals surface area contributed by atoms with Crippen LogP contribution in [0.1, 0.15) is 36.0 Å². The average molecular weight is 341 g/mol. The van der Waals surface area contributed by atoms with E-state index in [4.69, 9.17) is 0 Å². The van der Waals surface area contributed by atoms with Gasteiger partial charge in [-0.25, -0.2) is 0 Å². The fraction of sp³-hybridized carbons (Fsp3) is 0.600. The summed E-state index contributed by atoms with van der Waals surface area (Å²) < 4.78 is 0. The first-order chi connectivity index (χ1) is 12.0. The van der Waals surface area contributed by atoms with Gasteiger partial charge in [-0.1, -0.05) is 6.07 Å². The Morgan fingerprint density at radius 1 is 1.12 bits per heavy atom. The largest absolute Gasteiger partial charge is 0.378 e. The van der Waals surface area contributed by atoms with Crippen LogP contribution in [0.15, 0.2) is 24.3 Å². The summed E-state index contributed by atoms with van der Waals surface area (Å²) >= 11 is 0. The molecular weight excluding hydrogens is 314 g/mol. The molecule has 1 saturated carbocycles. The third-order valence-corrected chi connectivity index (χ3v) is 6.19. The van der Waals surface area contributed by atoms with Crippen molar-refractivity contribution in [3.8, 4) is 0 Å². The molecular formula is C20H27N3O2. The molecule has 0 N–H and O–H groups in total. The van der Waals surface area contributed by atoms with Gasteiger partial charge in [0.1, 0.15) is 0 Å². The molecule has 2 aliphatic heterocycles. The molecule has 1 aromatic rings. The van der Waals surface area contributed by atoms with Gasteiger partial charge in [-0.15, -0.1) is 0 Å². The molecule has 134 valence electrons. The first-order valence-corrected chi connectivity index (χ1v) is 9.36. The SMILES string of the molecule is CN(C)c1cccc(C(=O)N2CC[C@]3(C[C@H]3C(=O)N3CCCC3)C2)c1. The van der Waals surface area contributed by atoms with Crippen LogP contribution in [0.5, 0.6) is 0 Å². The number of amides is 2. The van der Waals surface area contributed by atoms with E-state index in [0.717, 1.165) is 63.1 Å². The maximum atomic E-state index is 12.9. The summed E-state index contributed by atoms with van der Waals surface area (Å²) in [4.78, 5) is 31.5. The molecule has 1 spiro atoms. The summed E-state index contributed by atoms with van der Waals surface area (Å²) in [6.07, 6.45) is 4.21. The predicted molar refractivity (Wildman–Crippen MR) is 97.6 cm³/mol. The molecule has 1 aliphatic carbocycles. The smallest absolute Gasteiger partial charge is 0.253 e. The summed E-state index contributed by atoms with van der Waals surface area (Å²) in [6, 6.07) is 7.78. The van der Waals surface area contributed by atoms with Gasteiger partial charge in [-0.05, 0) is 43.9 Å². The number of likely N-dealkylation sites (tertiary alicyclic amines) is 2. The quantitative estimate of drug-likeness (QED) is 0.847. The number of nitrogens with zero attached hydrogens (tertiary/aromatic N) is 3. The number of hydrogen-bond acceptors (Lipinski definition) is 3. The van der Waals surface area contributed by atoms with Crippen LogP contribution in [0.4, 0.5) is 5.69 Å². The second-order valence-electron chi connectivity index (χ2n) is 8.07. The highest BCUT2D eigenvalue weighted by Crippen LogP contribution is 2.59. The van der Waals surface area contributed by atoms with Gasteiger partial charge in [0, 0.05) is 62.9 Å². The molecule has 3 aliphatic rings. The van der Waals surface area contributed by atoms with E-state index in [9.17, 15) is 9.59 Å². The van der Waals surface area contributed by atoms with Crippen LogP contribution in [-0.2, 0) is 4.79 Å². The molecule has 0 unspecified atom stereocenters. The Balaban J connectivity index is 1.42. The van der Waals surface area contributed by atoms with Crippen LogP contribution < -0.4 is 4.90 Å². The zero-order valence-corrected chi connectivity index (χ0v) is 15.2. The van der Waals surface area contributed by atoms with Crippen LogP contribution in [0.25, 0.3) is 0 Å². The van der Waals surface area contributed by atoms with Gasteiger partial charge in [0.15, 0.2) is 0 Å². The second-order valence-corrected chi connectivity index (χ2v) is 8.07. The lowest BCUT2D eigenvalue weighted by molar-refractivity contribution is -0.132. The minimum Gasteiger partial charge on any atom is -0.378 e. The van der Waals surface area contributed by atoms with Crippen molar-refractivity contribution in [2.45, 2.75) is 25.7 Å². The van der Waals surface area contributed by atoms with Gasteiger partial charge in [0.25, 0.3) is 5.91 Å². The van der Waals surface area contributed by atoms with Crippen LogP contribution >= 0.6 is 0 Å². The molecule has 4 rings (SSSR count). The van der Waals surface area contributed by atoms with E-state index in [2.05, 4.69) is 0 Å². The standard InChI is InChI=1S/C20H27N3O2/c1-21(2)16-7-5-6-15(12-16)18(24)23-11-8-20(14-23)13-17(20)19(25)22-9-3-4-10-22/h5-7,12,17H,3-4,8-11,13-14H2,1-2H3/t17-,20-/m0/s1. The Kier molecular flexibility index (Phi) is 3.97. The van der Waals surface area contributed by atoms with Crippen molar-refractivity contribution >= 4 is 17.5 Å². The lowest BCUT2D eigenvalue weighted by atomic mass is 10.0. The van der Waals surface area contributed by atoms with Crippen molar-refractivity contribution in [2.75, 3.05) is 45.2 Å². The maximum Gasteiger partial charge on any atom is 0.253 e. The minimum absolute atomic E-state index is 0.0640. The highest BCUT2D eigenvalue weighted by Gasteiger charge is 2.62. The van der Waals surface area contributed by atoms with Gasteiger partial charge in [-0.3, -0.25) is 9.59 Å². The Bertz CT molecular complexity index is 696. The summed E-state index contributed by atoms with van der Waals surface area (Å²) in [5.74, 6) is 0.581. The van der Waals surface area contributed by atoms with E-state index in [1.54, 1.807) is 0 Å². The first-order valence-electron chi connectivity index (χ1n) is 9.36. The first kappa shape index (κ1) is 16.4. The van der Waals surface area contributed by atoms with Crippen LogP contribution in [0, 0.1) is 11.3 Å².